The van der Waals surface area contributed by atoms with Crippen LogP contribution in [-0.4, -0.2) is 35.4 Å². The van der Waals surface area contributed by atoms with Gasteiger partial charge in [0.2, 0.25) is 0 Å². The Hall–Kier alpha value is -3.35. The number of hydrogen-bond acceptors (Lipinski definition) is 5. The van der Waals surface area contributed by atoms with Crippen LogP contribution in [0.15, 0.2) is 30.3 Å². The fourth-order valence-corrected chi connectivity index (χ4v) is 3.55. The summed E-state index contributed by atoms with van der Waals surface area (Å²) in [6.07, 6.45) is 5.46. The zero-order valence-corrected chi connectivity index (χ0v) is 16.4. The van der Waals surface area contributed by atoms with Crippen LogP contribution >= 0.6 is 0 Å². The number of esters is 1. The number of ketones is 1. The minimum absolute atomic E-state index is 0.0483. The van der Waals surface area contributed by atoms with Crippen molar-refractivity contribution in [2.45, 2.75) is 32.7 Å². The summed E-state index contributed by atoms with van der Waals surface area (Å²) in [6, 6.07) is 7.33. The van der Waals surface area contributed by atoms with Crippen molar-refractivity contribution in [3.05, 3.63) is 52.9 Å². The van der Waals surface area contributed by atoms with Gasteiger partial charge in [0.15, 0.2) is 19.0 Å². The van der Waals surface area contributed by atoms with Crippen LogP contribution in [-0.2, 0) is 14.3 Å². The second-order valence-electron chi connectivity index (χ2n) is 7.34. The Kier molecular flexibility index (Phi) is 4.96. The minimum atomic E-state index is -0.579. The maximum Gasteiger partial charge on any atom is 0.331 e. The Labute approximate surface area is 168 Å². The SMILES string of the molecule is Cc1cc(/C=C/C(=O)OCC(=O)c2ccc3c(c2)NC(=O)CO3)c(C)n1C1CC1. The zero-order valence-electron chi connectivity index (χ0n) is 16.4. The molecule has 1 aliphatic carbocycles. The lowest BCUT2D eigenvalue weighted by atomic mass is 10.1. The standard InChI is InChI=1S/C22H22N2O5/c1-13-9-15(14(2)24(13)17-5-6-17)4-8-22(27)29-11-19(25)16-3-7-20-18(10-16)23-21(26)12-28-20/h3-4,7-10,17H,5-6,11-12H2,1-2H3,(H,23,26)/b8-4+. The first-order chi connectivity index (χ1) is 13.9. The van der Waals surface area contributed by atoms with E-state index in [9.17, 15) is 14.4 Å². The van der Waals surface area contributed by atoms with E-state index in [1.165, 1.54) is 30.7 Å². The third-order valence-electron chi connectivity index (χ3n) is 5.11. The van der Waals surface area contributed by atoms with Gasteiger partial charge in [-0.2, -0.15) is 0 Å². The predicted octanol–water partition coefficient (Wildman–Crippen LogP) is 3.21. The first-order valence-corrected chi connectivity index (χ1v) is 9.55. The summed E-state index contributed by atoms with van der Waals surface area (Å²) in [4.78, 5) is 35.7. The Morgan fingerprint density at radius 3 is 2.83 bits per heavy atom. The molecule has 1 fully saturated rings. The smallest absolute Gasteiger partial charge is 0.331 e. The highest BCUT2D eigenvalue weighted by Gasteiger charge is 2.26. The Balaban J connectivity index is 1.35. The molecule has 7 heteroatoms. The van der Waals surface area contributed by atoms with E-state index in [4.69, 9.17) is 9.47 Å². The number of hydrogen-bond donors (Lipinski definition) is 1. The van der Waals surface area contributed by atoms with Gasteiger partial charge in [-0.1, -0.05) is 0 Å². The van der Waals surface area contributed by atoms with Gasteiger partial charge in [-0.05, 0) is 62.6 Å². The van der Waals surface area contributed by atoms with Crippen LogP contribution in [0.5, 0.6) is 5.75 Å². The van der Waals surface area contributed by atoms with Gasteiger partial charge in [-0.15, -0.1) is 0 Å². The summed E-state index contributed by atoms with van der Waals surface area (Å²) in [6.45, 7) is 3.68. The van der Waals surface area contributed by atoms with Crippen molar-refractivity contribution in [1.29, 1.82) is 0 Å². The number of benzene rings is 1. The summed E-state index contributed by atoms with van der Waals surface area (Å²) in [5.74, 6) is -0.713. The van der Waals surface area contributed by atoms with Gasteiger partial charge in [0.05, 0.1) is 5.69 Å². The first kappa shape index (κ1) is 19.0. The predicted molar refractivity (Wildman–Crippen MR) is 107 cm³/mol. The molecule has 0 spiro atoms. The molecule has 0 unspecified atom stereocenters. The molecule has 0 radical (unpaired) electrons. The Morgan fingerprint density at radius 1 is 1.28 bits per heavy atom. The lowest BCUT2D eigenvalue weighted by Gasteiger charge is -2.18. The molecule has 0 bridgehead atoms. The molecular weight excluding hydrogens is 372 g/mol. The molecule has 0 saturated heterocycles. The number of fused-ring (bicyclic) bond motifs is 1. The largest absolute Gasteiger partial charge is 0.482 e. The van der Waals surface area contributed by atoms with Gasteiger partial charge >= 0.3 is 5.97 Å². The van der Waals surface area contributed by atoms with Crippen molar-refractivity contribution < 1.29 is 23.9 Å². The molecule has 1 aromatic carbocycles. The molecule has 2 aliphatic rings. The lowest BCUT2D eigenvalue weighted by molar-refractivity contribution is -0.136. The minimum Gasteiger partial charge on any atom is -0.482 e. The van der Waals surface area contributed by atoms with Crippen LogP contribution in [0, 0.1) is 13.8 Å². The van der Waals surface area contributed by atoms with Gasteiger partial charge in [-0.3, -0.25) is 9.59 Å². The van der Waals surface area contributed by atoms with E-state index in [0.717, 1.165) is 11.3 Å². The number of carbonyl (C=O) groups is 3. The number of aryl methyl sites for hydroxylation is 1. The molecule has 29 heavy (non-hydrogen) atoms. The molecule has 7 nitrogen and oxygen atoms in total. The van der Waals surface area contributed by atoms with Crippen LogP contribution in [0.4, 0.5) is 5.69 Å². The number of aromatic nitrogens is 1. The number of ether oxygens (including phenoxy) is 2. The second kappa shape index (κ2) is 7.58. The summed E-state index contributed by atoms with van der Waals surface area (Å²) < 4.78 is 12.6. The fraction of sp³-hybridized carbons (Fsp3) is 0.318. The fourth-order valence-electron chi connectivity index (χ4n) is 3.55. The Bertz CT molecular complexity index is 1030. The molecule has 0 atom stereocenters. The molecular formula is C22H22N2O5. The summed E-state index contributed by atoms with van der Waals surface area (Å²) in [5, 5.41) is 2.65. The quantitative estimate of drug-likeness (QED) is 0.462. The van der Waals surface area contributed by atoms with Gasteiger partial charge in [0.1, 0.15) is 5.75 Å². The number of amides is 1. The average Bonchev–Trinajstić information content (AvgIpc) is 3.49. The first-order valence-electron chi connectivity index (χ1n) is 9.55. The molecule has 1 N–H and O–H groups in total. The lowest BCUT2D eigenvalue weighted by Crippen LogP contribution is -2.25. The third-order valence-corrected chi connectivity index (χ3v) is 5.11. The number of nitrogens with zero attached hydrogens (tertiary/aromatic N) is 1. The van der Waals surface area contributed by atoms with Crippen molar-refractivity contribution in [1.82, 2.24) is 4.57 Å². The number of rotatable bonds is 6. The van der Waals surface area contributed by atoms with E-state index in [2.05, 4.69) is 16.8 Å². The molecule has 150 valence electrons. The van der Waals surface area contributed by atoms with Crippen molar-refractivity contribution in [3.63, 3.8) is 0 Å². The van der Waals surface area contributed by atoms with Crippen LogP contribution in [0.3, 0.4) is 0 Å². The van der Waals surface area contributed by atoms with E-state index < -0.39 is 5.97 Å². The van der Waals surface area contributed by atoms with Gasteiger partial charge < -0.3 is 19.4 Å². The van der Waals surface area contributed by atoms with Gasteiger partial charge in [0.25, 0.3) is 5.91 Å². The zero-order chi connectivity index (χ0) is 20.5. The molecule has 1 amide bonds. The second-order valence-corrected chi connectivity index (χ2v) is 7.34. The van der Waals surface area contributed by atoms with Crippen LogP contribution in [0.1, 0.15) is 46.2 Å². The molecule has 1 saturated carbocycles. The van der Waals surface area contributed by atoms with E-state index in [0.29, 0.717) is 23.0 Å². The van der Waals surface area contributed by atoms with Crippen LogP contribution < -0.4 is 10.1 Å². The average molecular weight is 394 g/mol. The normalized spacial score (nSPS) is 15.6. The van der Waals surface area contributed by atoms with Gasteiger partial charge in [-0.25, -0.2) is 4.79 Å². The summed E-state index contributed by atoms with van der Waals surface area (Å²) in [5.41, 5.74) is 4.05. The monoisotopic (exact) mass is 394 g/mol. The van der Waals surface area contributed by atoms with Crippen molar-refractivity contribution >= 4 is 29.4 Å². The van der Waals surface area contributed by atoms with Crippen molar-refractivity contribution in [2.24, 2.45) is 0 Å². The number of Topliss-reactive ketones (excluding diaryl/α,β-unsaturated/α-hetero) is 1. The van der Waals surface area contributed by atoms with Crippen LogP contribution in [0.2, 0.25) is 0 Å². The molecule has 1 aliphatic heterocycles. The third kappa shape index (κ3) is 4.08. The molecule has 1 aromatic heterocycles. The molecule has 4 rings (SSSR count). The Morgan fingerprint density at radius 2 is 2.07 bits per heavy atom. The van der Waals surface area contributed by atoms with E-state index in [1.807, 2.05) is 13.0 Å². The number of anilines is 1. The summed E-state index contributed by atoms with van der Waals surface area (Å²) >= 11 is 0. The highest BCUT2D eigenvalue weighted by molar-refractivity contribution is 6.02. The highest BCUT2D eigenvalue weighted by Crippen LogP contribution is 2.38. The summed E-state index contributed by atoms with van der Waals surface area (Å²) in [7, 11) is 0. The highest BCUT2D eigenvalue weighted by atomic mass is 16.5. The maximum atomic E-state index is 12.3. The number of nitrogens with one attached hydrogen (secondary N) is 1. The van der Waals surface area contributed by atoms with Crippen molar-refractivity contribution in [2.75, 3.05) is 18.5 Å². The van der Waals surface area contributed by atoms with E-state index in [-0.39, 0.29) is 24.9 Å². The molecule has 2 heterocycles. The number of carbonyl (C=O) groups excluding carboxylic acids is 3. The van der Waals surface area contributed by atoms with Crippen molar-refractivity contribution in [3.8, 4) is 5.75 Å². The van der Waals surface area contributed by atoms with Gasteiger partial charge in [0, 0.05) is 29.1 Å². The van der Waals surface area contributed by atoms with E-state index >= 15 is 0 Å². The topological polar surface area (TPSA) is 86.6 Å². The molecule has 2 aromatic rings. The van der Waals surface area contributed by atoms with E-state index in [1.54, 1.807) is 18.2 Å². The van der Waals surface area contributed by atoms with Crippen LogP contribution in [0.25, 0.3) is 6.08 Å². The maximum absolute atomic E-state index is 12.3.